The van der Waals surface area contributed by atoms with E-state index in [0.717, 1.165) is 35.5 Å². The summed E-state index contributed by atoms with van der Waals surface area (Å²) in [5.41, 5.74) is 2.51. The molecular formula is C25H30N2O3. The molecular weight excluding hydrogens is 376 g/mol. The molecule has 30 heavy (non-hydrogen) atoms. The molecule has 0 unspecified atom stereocenters. The second-order valence-corrected chi connectivity index (χ2v) is 7.92. The fraction of sp³-hybridized carbons (Fsp3) is 0.400. The van der Waals surface area contributed by atoms with Gasteiger partial charge < -0.3 is 18.9 Å². The van der Waals surface area contributed by atoms with E-state index in [1.165, 1.54) is 32.4 Å². The number of rotatable bonds is 7. The maximum absolute atomic E-state index is 12.9. The number of hydrogen-bond acceptors (Lipinski definition) is 4. The van der Waals surface area contributed by atoms with Crippen LogP contribution in [0.5, 0.6) is 11.5 Å². The third-order valence-electron chi connectivity index (χ3n) is 5.93. The monoisotopic (exact) mass is 406 g/mol. The Kier molecular flexibility index (Phi) is 6.38. The molecule has 4 rings (SSSR count). The first-order valence-electron chi connectivity index (χ1n) is 10.8. The largest absolute Gasteiger partial charge is 0.494 e. The summed E-state index contributed by atoms with van der Waals surface area (Å²) in [5.74, 6) is 1.22. The molecule has 0 radical (unpaired) electrons. The summed E-state index contributed by atoms with van der Waals surface area (Å²) in [6.07, 6.45) is 5.05. The van der Waals surface area contributed by atoms with Crippen molar-refractivity contribution in [1.82, 2.24) is 9.47 Å². The number of piperidine rings is 1. The van der Waals surface area contributed by atoms with E-state index in [1.807, 2.05) is 60.1 Å². The third kappa shape index (κ3) is 4.21. The second kappa shape index (κ2) is 9.35. The predicted molar refractivity (Wildman–Crippen MR) is 122 cm³/mol. The Morgan fingerprint density at radius 1 is 0.967 bits per heavy atom. The number of likely N-dealkylation sites (tertiary alicyclic amines) is 1. The molecule has 1 aromatic heterocycles. The summed E-state index contributed by atoms with van der Waals surface area (Å²) in [7, 11) is 3.51. The van der Waals surface area contributed by atoms with Crippen LogP contribution in [0.3, 0.4) is 0 Å². The molecule has 0 spiro atoms. The standard InChI is InChI=1S/C25H30N2O3/c1-26-22-10-5-4-9-21(22)24(28)25(29-2)23(26)19-11-13-20(14-12-19)30-18-8-17-27-15-6-3-7-16-27/h4-5,9-14H,3,6-8,15-18H2,1-2H3. The van der Waals surface area contributed by atoms with Gasteiger partial charge in [0, 0.05) is 24.5 Å². The Morgan fingerprint density at radius 2 is 1.70 bits per heavy atom. The lowest BCUT2D eigenvalue weighted by atomic mass is 10.1. The number of aryl methyl sites for hydroxylation is 1. The summed E-state index contributed by atoms with van der Waals surface area (Å²) in [6, 6.07) is 15.5. The number of para-hydroxylation sites is 1. The van der Waals surface area contributed by atoms with Gasteiger partial charge >= 0.3 is 0 Å². The van der Waals surface area contributed by atoms with E-state index in [2.05, 4.69) is 4.90 Å². The van der Waals surface area contributed by atoms with Gasteiger partial charge in [0.05, 0.1) is 24.9 Å². The van der Waals surface area contributed by atoms with Gasteiger partial charge in [-0.3, -0.25) is 4.79 Å². The topological polar surface area (TPSA) is 43.7 Å². The van der Waals surface area contributed by atoms with Crippen LogP contribution in [-0.2, 0) is 7.05 Å². The van der Waals surface area contributed by atoms with Crippen molar-refractivity contribution in [3.8, 4) is 22.8 Å². The smallest absolute Gasteiger partial charge is 0.231 e. The molecule has 1 saturated heterocycles. The SMILES string of the molecule is COc1c(-c2ccc(OCCCN3CCCCC3)cc2)n(C)c2ccccc2c1=O. The summed E-state index contributed by atoms with van der Waals surface area (Å²) < 4.78 is 13.5. The molecule has 0 aliphatic carbocycles. The van der Waals surface area contributed by atoms with Crippen molar-refractivity contribution >= 4 is 10.9 Å². The van der Waals surface area contributed by atoms with Gasteiger partial charge in [-0.05, 0) is 68.8 Å². The Labute approximate surface area is 177 Å². The number of ether oxygens (including phenoxy) is 2. The van der Waals surface area contributed by atoms with Crippen LogP contribution in [0, 0.1) is 0 Å². The van der Waals surface area contributed by atoms with Crippen LogP contribution < -0.4 is 14.9 Å². The molecule has 2 aromatic carbocycles. The first kappa shape index (κ1) is 20.5. The predicted octanol–water partition coefficient (Wildman–Crippen LogP) is 4.47. The van der Waals surface area contributed by atoms with E-state index in [4.69, 9.17) is 9.47 Å². The average molecular weight is 407 g/mol. The molecule has 0 N–H and O–H groups in total. The highest BCUT2D eigenvalue weighted by Gasteiger charge is 2.17. The van der Waals surface area contributed by atoms with E-state index < -0.39 is 0 Å². The summed E-state index contributed by atoms with van der Waals surface area (Å²) in [5, 5.41) is 0.661. The highest BCUT2D eigenvalue weighted by atomic mass is 16.5. The maximum Gasteiger partial charge on any atom is 0.231 e. The number of fused-ring (bicyclic) bond motifs is 1. The maximum atomic E-state index is 12.9. The lowest BCUT2D eigenvalue weighted by Crippen LogP contribution is -2.31. The normalized spacial score (nSPS) is 14.7. The first-order valence-corrected chi connectivity index (χ1v) is 10.8. The fourth-order valence-electron chi connectivity index (χ4n) is 4.35. The molecule has 0 bridgehead atoms. The molecule has 1 aliphatic heterocycles. The lowest BCUT2D eigenvalue weighted by molar-refractivity contribution is 0.205. The van der Waals surface area contributed by atoms with Crippen LogP contribution in [0.1, 0.15) is 25.7 Å². The molecule has 0 amide bonds. The minimum absolute atomic E-state index is 0.0840. The highest BCUT2D eigenvalue weighted by Crippen LogP contribution is 2.31. The van der Waals surface area contributed by atoms with Crippen LogP contribution >= 0.6 is 0 Å². The van der Waals surface area contributed by atoms with Crippen LogP contribution in [0.2, 0.25) is 0 Å². The van der Waals surface area contributed by atoms with Gasteiger partial charge in [0.15, 0.2) is 5.75 Å². The van der Waals surface area contributed by atoms with E-state index in [1.54, 1.807) is 7.11 Å². The van der Waals surface area contributed by atoms with Crippen LogP contribution in [0.25, 0.3) is 22.2 Å². The fourth-order valence-corrected chi connectivity index (χ4v) is 4.35. The zero-order valence-electron chi connectivity index (χ0n) is 17.9. The Hall–Kier alpha value is -2.79. The molecule has 5 nitrogen and oxygen atoms in total. The van der Waals surface area contributed by atoms with Crippen molar-refractivity contribution in [2.75, 3.05) is 33.4 Å². The average Bonchev–Trinajstić information content (AvgIpc) is 2.80. The molecule has 0 atom stereocenters. The number of benzene rings is 2. The zero-order chi connectivity index (χ0) is 20.9. The quantitative estimate of drug-likeness (QED) is 0.543. The van der Waals surface area contributed by atoms with E-state index in [-0.39, 0.29) is 5.43 Å². The third-order valence-corrected chi connectivity index (χ3v) is 5.93. The summed E-state index contributed by atoms with van der Waals surface area (Å²) >= 11 is 0. The number of nitrogens with zero attached hydrogens (tertiary/aromatic N) is 2. The van der Waals surface area contributed by atoms with Crippen molar-refractivity contribution in [3.63, 3.8) is 0 Å². The van der Waals surface area contributed by atoms with Gasteiger partial charge in [0.2, 0.25) is 5.43 Å². The van der Waals surface area contributed by atoms with Crippen molar-refractivity contribution in [2.24, 2.45) is 7.05 Å². The van der Waals surface area contributed by atoms with Gasteiger partial charge in [0.1, 0.15) is 5.75 Å². The zero-order valence-corrected chi connectivity index (χ0v) is 17.9. The van der Waals surface area contributed by atoms with E-state index in [9.17, 15) is 4.79 Å². The summed E-state index contributed by atoms with van der Waals surface area (Å²) in [6.45, 7) is 4.27. The molecule has 0 saturated carbocycles. The van der Waals surface area contributed by atoms with Gasteiger partial charge in [-0.15, -0.1) is 0 Å². The van der Waals surface area contributed by atoms with Crippen molar-refractivity contribution in [3.05, 3.63) is 58.8 Å². The number of pyridine rings is 1. The van der Waals surface area contributed by atoms with Gasteiger partial charge in [-0.1, -0.05) is 18.6 Å². The molecule has 158 valence electrons. The van der Waals surface area contributed by atoms with E-state index >= 15 is 0 Å². The van der Waals surface area contributed by atoms with Gasteiger partial charge in [-0.2, -0.15) is 0 Å². The first-order chi connectivity index (χ1) is 14.7. The Bertz CT molecular complexity index is 1050. The molecule has 3 aromatic rings. The van der Waals surface area contributed by atoms with Crippen molar-refractivity contribution in [1.29, 1.82) is 0 Å². The minimum atomic E-state index is -0.0840. The van der Waals surface area contributed by atoms with Crippen LogP contribution in [0.15, 0.2) is 53.3 Å². The number of methoxy groups -OCH3 is 1. The number of aromatic nitrogens is 1. The number of hydrogen-bond donors (Lipinski definition) is 0. The highest BCUT2D eigenvalue weighted by molar-refractivity contribution is 5.85. The van der Waals surface area contributed by atoms with Crippen molar-refractivity contribution in [2.45, 2.75) is 25.7 Å². The lowest BCUT2D eigenvalue weighted by Gasteiger charge is -2.26. The molecule has 2 heterocycles. The van der Waals surface area contributed by atoms with E-state index in [0.29, 0.717) is 17.7 Å². The second-order valence-electron chi connectivity index (χ2n) is 7.92. The van der Waals surface area contributed by atoms with Crippen molar-refractivity contribution < 1.29 is 9.47 Å². The van der Waals surface area contributed by atoms with Gasteiger partial charge in [0.25, 0.3) is 0 Å². The Balaban J connectivity index is 1.49. The van der Waals surface area contributed by atoms with Gasteiger partial charge in [-0.25, -0.2) is 0 Å². The molecule has 1 aliphatic rings. The van der Waals surface area contributed by atoms with Crippen LogP contribution in [0.4, 0.5) is 0 Å². The minimum Gasteiger partial charge on any atom is -0.494 e. The Morgan fingerprint density at radius 3 is 2.43 bits per heavy atom. The molecule has 5 heteroatoms. The summed E-state index contributed by atoms with van der Waals surface area (Å²) in [4.78, 5) is 15.4. The van der Waals surface area contributed by atoms with Crippen LogP contribution in [-0.4, -0.2) is 42.8 Å². The molecule has 1 fully saturated rings.